The molecular formula is C32H33N5+2. The standard InChI is InChI=1S/C32H31N5/c1-22(24-5-10-27(11-6-24)34-29-15-18-36(3)19-16-29)23(2)25-7-12-28(13-8-25)35-31-17-20-37(4)32-14-9-26(33)21-30(31)32/h5-21H,33H2,1-4H3/p+2/b23-22-. The Labute approximate surface area is 218 Å². The minimum atomic E-state index is 0.756. The molecule has 0 radical (unpaired) electrons. The van der Waals surface area contributed by atoms with Crippen LogP contribution in [0.25, 0.3) is 22.0 Å². The Morgan fingerprint density at radius 1 is 0.622 bits per heavy atom. The summed E-state index contributed by atoms with van der Waals surface area (Å²) in [6, 6.07) is 29.4. The number of anilines is 5. The van der Waals surface area contributed by atoms with Crippen molar-refractivity contribution in [1.29, 1.82) is 0 Å². The molecule has 0 bridgehead atoms. The minimum absolute atomic E-state index is 0.756. The maximum Gasteiger partial charge on any atom is 0.214 e. The van der Waals surface area contributed by atoms with E-state index in [2.05, 4.69) is 108 Å². The molecule has 5 rings (SSSR count). The highest BCUT2D eigenvalue weighted by molar-refractivity contribution is 5.93. The molecule has 0 saturated carbocycles. The van der Waals surface area contributed by atoms with Crippen molar-refractivity contribution in [3.63, 3.8) is 0 Å². The molecule has 0 aliphatic carbocycles. The lowest BCUT2D eigenvalue weighted by molar-refractivity contribution is -0.671. The number of hydrogen-bond acceptors (Lipinski definition) is 3. The van der Waals surface area contributed by atoms with Crippen molar-refractivity contribution in [3.05, 3.63) is 115 Å². The number of nitrogens with zero attached hydrogens (tertiary/aromatic N) is 2. The average molecular weight is 488 g/mol. The number of nitrogens with one attached hydrogen (secondary N) is 2. The van der Waals surface area contributed by atoms with Crippen LogP contribution >= 0.6 is 0 Å². The number of aryl methyl sites for hydroxylation is 2. The first kappa shape index (κ1) is 24.1. The summed E-state index contributed by atoms with van der Waals surface area (Å²) < 4.78 is 4.12. The van der Waals surface area contributed by atoms with E-state index < -0.39 is 0 Å². The molecule has 0 spiro atoms. The number of allylic oxidation sites excluding steroid dienone is 2. The Bertz CT molecular complexity index is 1580. The van der Waals surface area contributed by atoms with Crippen LogP contribution in [-0.4, -0.2) is 0 Å². The summed E-state index contributed by atoms with van der Waals surface area (Å²) in [7, 11) is 4.06. The van der Waals surface area contributed by atoms with E-state index in [0.717, 1.165) is 39.3 Å². The second-order valence-corrected chi connectivity index (χ2v) is 9.52. The van der Waals surface area contributed by atoms with Crippen LogP contribution in [0, 0.1) is 0 Å². The van der Waals surface area contributed by atoms with Gasteiger partial charge in [0, 0.05) is 41.3 Å². The highest BCUT2D eigenvalue weighted by Crippen LogP contribution is 2.30. The number of hydrogen-bond donors (Lipinski definition) is 3. The van der Waals surface area contributed by atoms with Gasteiger partial charge in [0.1, 0.15) is 14.1 Å². The van der Waals surface area contributed by atoms with Crippen LogP contribution in [0.4, 0.5) is 28.4 Å². The predicted molar refractivity (Wildman–Crippen MR) is 155 cm³/mol. The van der Waals surface area contributed by atoms with Gasteiger partial charge in [-0.25, -0.2) is 9.13 Å². The Kier molecular flexibility index (Phi) is 6.60. The second kappa shape index (κ2) is 10.2. The van der Waals surface area contributed by atoms with Crippen molar-refractivity contribution in [3.8, 4) is 0 Å². The number of pyridine rings is 2. The Balaban J connectivity index is 1.33. The molecule has 0 aliphatic heterocycles. The normalized spacial score (nSPS) is 11.8. The topological polar surface area (TPSA) is 57.8 Å². The summed E-state index contributed by atoms with van der Waals surface area (Å²) >= 11 is 0. The zero-order valence-corrected chi connectivity index (χ0v) is 21.8. The second-order valence-electron chi connectivity index (χ2n) is 9.52. The van der Waals surface area contributed by atoms with E-state index in [4.69, 9.17) is 5.73 Å². The minimum Gasteiger partial charge on any atom is -0.399 e. The third-order valence-corrected chi connectivity index (χ3v) is 6.90. The van der Waals surface area contributed by atoms with Gasteiger partial charge >= 0.3 is 0 Å². The van der Waals surface area contributed by atoms with E-state index in [1.807, 2.05) is 43.2 Å². The van der Waals surface area contributed by atoms with E-state index in [9.17, 15) is 0 Å². The smallest absolute Gasteiger partial charge is 0.214 e. The van der Waals surface area contributed by atoms with E-state index >= 15 is 0 Å². The molecule has 184 valence electrons. The van der Waals surface area contributed by atoms with Crippen LogP contribution in [-0.2, 0) is 14.1 Å². The van der Waals surface area contributed by atoms with Gasteiger partial charge in [-0.15, -0.1) is 0 Å². The summed E-state index contributed by atoms with van der Waals surface area (Å²) in [5.41, 5.74) is 17.1. The van der Waals surface area contributed by atoms with Gasteiger partial charge in [0.25, 0.3) is 0 Å². The molecular weight excluding hydrogens is 454 g/mol. The van der Waals surface area contributed by atoms with Gasteiger partial charge in [-0.3, -0.25) is 0 Å². The quantitative estimate of drug-likeness (QED) is 0.145. The first-order valence-corrected chi connectivity index (χ1v) is 12.4. The lowest BCUT2D eigenvalue weighted by Gasteiger charge is -2.13. The van der Waals surface area contributed by atoms with E-state index in [1.54, 1.807) is 0 Å². The van der Waals surface area contributed by atoms with Crippen LogP contribution in [0.3, 0.4) is 0 Å². The maximum absolute atomic E-state index is 6.07. The van der Waals surface area contributed by atoms with Crippen LogP contribution in [0.2, 0.25) is 0 Å². The van der Waals surface area contributed by atoms with Gasteiger partial charge in [-0.2, -0.15) is 0 Å². The fraction of sp³-hybridized carbons (Fsp3) is 0.125. The molecule has 5 heteroatoms. The highest BCUT2D eigenvalue weighted by atomic mass is 14.9. The van der Waals surface area contributed by atoms with Crippen LogP contribution < -0.4 is 25.5 Å². The summed E-state index contributed by atoms with van der Waals surface area (Å²) in [6.07, 6.45) is 6.13. The molecule has 0 saturated heterocycles. The zero-order chi connectivity index (χ0) is 25.9. The number of fused-ring (bicyclic) bond motifs is 1. The summed E-state index contributed by atoms with van der Waals surface area (Å²) in [5, 5.41) is 8.12. The van der Waals surface area contributed by atoms with Crippen molar-refractivity contribution in [1.82, 2.24) is 0 Å². The average Bonchev–Trinajstić information content (AvgIpc) is 2.91. The van der Waals surface area contributed by atoms with Gasteiger partial charge in [0.15, 0.2) is 18.6 Å². The van der Waals surface area contributed by atoms with Crippen LogP contribution in [0.5, 0.6) is 0 Å². The fourth-order valence-electron chi connectivity index (χ4n) is 4.49. The predicted octanol–water partition coefficient (Wildman–Crippen LogP) is 6.51. The molecule has 2 heterocycles. The fourth-order valence-corrected chi connectivity index (χ4v) is 4.49. The third kappa shape index (κ3) is 5.31. The summed E-state index contributed by atoms with van der Waals surface area (Å²) in [5.74, 6) is 0. The Hall–Kier alpha value is -4.64. The monoisotopic (exact) mass is 487 g/mol. The van der Waals surface area contributed by atoms with Gasteiger partial charge in [-0.05, 0) is 72.5 Å². The molecule has 37 heavy (non-hydrogen) atoms. The van der Waals surface area contributed by atoms with Gasteiger partial charge in [0.05, 0.1) is 16.8 Å². The first-order valence-electron chi connectivity index (χ1n) is 12.4. The molecule has 0 atom stereocenters. The Morgan fingerprint density at radius 3 is 1.76 bits per heavy atom. The number of benzene rings is 3. The van der Waals surface area contributed by atoms with Crippen molar-refractivity contribution in [2.24, 2.45) is 14.1 Å². The van der Waals surface area contributed by atoms with Crippen molar-refractivity contribution in [2.75, 3.05) is 16.4 Å². The number of aromatic nitrogens is 2. The van der Waals surface area contributed by atoms with Crippen LogP contribution in [0.15, 0.2) is 104 Å². The third-order valence-electron chi connectivity index (χ3n) is 6.90. The van der Waals surface area contributed by atoms with Crippen LogP contribution in [0.1, 0.15) is 25.0 Å². The number of rotatable bonds is 6. The molecule has 5 aromatic rings. The lowest BCUT2D eigenvalue weighted by atomic mass is 9.96. The molecule has 0 aliphatic rings. The van der Waals surface area contributed by atoms with Gasteiger partial charge in [-0.1, -0.05) is 24.3 Å². The summed E-state index contributed by atoms with van der Waals surface area (Å²) in [6.45, 7) is 4.36. The van der Waals surface area contributed by atoms with Crippen molar-refractivity contribution >= 4 is 50.5 Å². The van der Waals surface area contributed by atoms with E-state index in [1.165, 1.54) is 22.3 Å². The molecule has 5 nitrogen and oxygen atoms in total. The molecule has 2 aromatic heterocycles. The highest BCUT2D eigenvalue weighted by Gasteiger charge is 2.11. The molecule has 0 unspecified atom stereocenters. The maximum atomic E-state index is 6.07. The molecule has 0 fully saturated rings. The van der Waals surface area contributed by atoms with E-state index in [0.29, 0.717) is 0 Å². The van der Waals surface area contributed by atoms with Crippen molar-refractivity contribution < 1.29 is 9.13 Å². The van der Waals surface area contributed by atoms with Crippen molar-refractivity contribution in [2.45, 2.75) is 13.8 Å². The molecule has 4 N–H and O–H groups in total. The van der Waals surface area contributed by atoms with Gasteiger partial charge < -0.3 is 16.4 Å². The molecule has 0 amide bonds. The number of nitrogen functional groups attached to an aromatic ring is 1. The largest absolute Gasteiger partial charge is 0.399 e. The molecule has 3 aromatic carbocycles. The first-order chi connectivity index (χ1) is 17.9. The lowest BCUT2D eigenvalue weighted by Crippen LogP contribution is -2.28. The Morgan fingerprint density at radius 2 is 1.16 bits per heavy atom. The number of nitrogens with two attached hydrogens (primary N) is 1. The van der Waals surface area contributed by atoms with Gasteiger partial charge in [0.2, 0.25) is 5.52 Å². The van der Waals surface area contributed by atoms with E-state index in [-0.39, 0.29) is 0 Å². The summed E-state index contributed by atoms with van der Waals surface area (Å²) in [4.78, 5) is 0. The zero-order valence-electron chi connectivity index (χ0n) is 21.8. The SMILES string of the molecule is C/C(=C(\C)c1ccc(Nc2cc[n+](C)c3ccc(N)cc23)cc1)c1ccc(Nc2cc[n+](C)cc2)cc1.